The van der Waals surface area contributed by atoms with Crippen LogP contribution in [0.5, 0.6) is 5.75 Å². The highest BCUT2D eigenvalue weighted by atomic mass is 127. The van der Waals surface area contributed by atoms with Crippen LogP contribution >= 0.6 is 22.6 Å². The summed E-state index contributed by atoms with van der Waals surface area (Å²) >= 11 is 2.18. The van der Waals surface area contributed by atoms with Crippen LogP contribution in [0.2, 0.25) is 0 Å². The van der Waals surface area contributed by atoms with Gasteiger partial charge in [-0.25, -0.2) is 0 Å². The van der Waals surface area contributed by atoms with Crippen LogP contribution in [0.15, 0.2) is 22.7 Å². The molecule has 1 aromatic heterocycles. The van der Waals surface area contributed by atoms with Gasteiger partial charge in [0.1, 0.15) is 5.75 Å². The monoisotopic (exact) mass is 344 g/mol. The normalized spacial score (nSPS) is 12.6. The first-order valence-corrected chi connectivity index (χ1v) is 6.52. The topological polar surface area (TPSA) is 59.2 Å². The number of benzene rings is 1. The summed E-state index contributed by atoms with van der Waals surface area (Å²) in [5.41, 5.74) is 0.582. The molecule has 0 saturated heterocycles. The molecule has 4 nitrogen and oxygen atoms in total. The molecular formula is C12H13IN2O2. The van der Waals surface area contributed by atoms with Crippen LogP contribution in [0.3, 0.4) is 0 Å². The Morgan fingerprint density at radius 3 is 2.94 bits per heavy atom. The number of aromatic hydroxyl groups is 1. The zero-order valence-corrected chi connectivity index (χ0v) is 11.8. The number of phenols is 1. The lowest BCUT2D eigenvalue weighted by Crippen LogP contribution is -1.93. The van der Waals surface area contributed by atoms with Gasteiger partial charge in [0.25, 0.3) is 5.89 Å². The lowest BCUT2D eigenvalue weighted by atomic mass is 10.1. The molecule has 0 saturated carbocycles. The van der Waals surface area contributed by atoms with Crippen molar-refractivity contribution >= 4 is 22.6 Å². The second kappa shape index (κ2) is 5.03. The van der Waals surface area contributed by atoms with Crippen LogP contribution < -0.4 is 0 Å². The van der Waals surface area contributed by atoms with Crippen LogP contribution in [0.25, 0.3) is 11.5 Å². The minimum absolute atomic E-state index is 0.157. The summed E-state index contributed by atoms with van der Waals surface area (Å²) in [5, 5.41) is 13.7. The molecule has 0 bridgehead atoms. The average Bonchev–Trinajstić information content (AvgIpc) is 2.80. The van der Waals surface area contributed by atoms with Crippen molar-refractivity contribution < 1.29 is 9.63 Å². The van der Waals surface area contributed by atoms with Crippen LogP contribution in [0.1, 0.15) is 32.0 Å². The number of halogens is 1. The summed E-state index contributed by atoms with van der Waals surface area (Å²) in [6.07, 6.45) is 0.956. The van der Waals surface area contributed by atoms with E-state index in [4.69, 9.17) is 4.52 Å². The summed E-state index contributed by atoms with van der Waals surface area (Å²) in [4.78, 5) is 4.31. The summed E-state index contributed by atoms with van der Waals surface area (Å²) in [7, 11) is 0. The van der Waals surface area contributed by atoms with Crippen LogP contribution in [-0.2, 0) is 0 Å². The third-order valence-electron chi connectivity index (χ3n) is 2.68. The first-order valence-electron chi connectivity index (χ1n) is 5.44. The highest BCUT2D eigenvalue weighted by Gasteiger charge is 2.16. The molecule has 2 aromatic rings. The number of rotatable bonds is 3. The fourth-order valence-electron chi connectivity index (χ4n) is 1.41. The quantitative estimate of drug-likeness (QED) is 0.865. The van der Waals surface area contributed by atoms with Crippen molar-refractivity contribution in [3.63, 3.8) is 0 Å². The standard InChI is InChI=1S/C12H13IN2O2/c1-3-7(2)11-14-12(17-15-11)9-6-8(13)4-5-10(9)16/h4-7,16H,3H2,1-2H3. The van der Waals surface area contributed by atoms with E-state index < -0.39 is 0 Å². The SMILES string of the molecule is CCC(C)c1noc(-c2cc(I)ccc2O)n1. The lowest BCUT2D eigenvalue weighted by Gasteiger charge is -2.00. The molecule has 0 fully saturated rings. The van der Waals surface area contributed by atoms with E-state index in [-0.39, 0.29) is 11.7 Å². The maximum Gasteiger partial charge on any atom is 0.261 e. The molecule has 0 aliphatic carbocycles. The van der Waals surface area contributed by atoms with Crippen molar-refractivity contribution in [2.75, 3.05) is 0 Å². The first kappa shape index (κ1) is 12.3. The molecule has 90 valence electrons. The Morgan fingerprint density at radius 1 is 1.47 bits per heavy atom. The third-order valence-corrected chi connectivity index (χ3v) is 3.35. The molecule has 0 spiro atoms. The first-order chi connectivity index (χ1) is 8.11. The Balaban J connectivity index is 2.40. The van der Waals surface area contributed by atoms with Crippen molar-refractivity contribution in [2.45, 2.75) is 26.2 Å². The Hall–Kier alpha value is -1.11. The van der Waals surface area contributed by atoms with E-state index in [1.165, 1.54) is 0 Å². The van der Waals surface area contributed by atoms with Crippen molar-refractivity contribution in [2.24, 2.45) is 0 Å². The minimum Gasteiger partial charge on any atom is -0.507 e. The van der Waals surface area contributed by atoms with Gasteiger partial charge in [-0.05, 0) is 47.2 Å². The van der Waals surface area contributed by atoms with Gasteiger partial charge >= 0.3 is 0 Å². The van der Waals surface area contributed by atoms with Crippen molar-refractivity contribution in [3.05, 3.63) is 27.6 Å². The largest absolute Gasteiger partial charge is 0.507 e. The van der Waals surface area contributed by atoms with E-state index in [9.17, 15) is 5.11 Å². The van der Waals surface area contributed by atoms with Gasteiger partial charge in [0, 0.05) is 9.49 Å². The molecule has 17 heavy (non-hydrogen) atoms. The number of phenolic OH excluding ortho intramolecular Hbond substituents is 1. The molecule has 0 amide bonds. The van der Waals surface area contributed by atoms with E-state index in [0.717, 1.165) is 9.99 Å². The van der Waals surface area contributed by atoms with Gasteiger partial charge < -0.3 is 9.63 Å². The maximum atomic E-state index is 9.76. The number of hydrogen-bond acceptors (Lipinski definition) is 4. The number of aromatic nitrogens is 2. The molecule has 1 N–H and O–H groups in total. The average molecular weight is 344 g/mol. The van der Waals surface area contributed by atoms with Gasteiger partial charge in [0.05, 0.1) is 5.56 Å². The molecule has 5 heteroatoms. The smallest absolute Gasteiger partial charge is 0.261 e. The highest BCUT2D eigenvalue weighted by Crippen LogP contribution is 2.30. The summed E-state index contributed by atoms with van der Waals surface area (Å²) in [5.74, 6) is 1.47. The number of nitrogens with zero attached hydrogens (tertiary/aromatic N) is 2. The molecule has 0 aliphatic heterocycles. The zero-order chi connectivity index (χ0) is 12.4. The van der Waals surface area contributed by atoms with Gasteiger partial charge in [0.15, 0.2) is 5.82 Å². The maximum absolute atomic E-state index is 9.76. The number of hydrogen-bond donors (Lipinski definition) is 1. The summed E-state index contributed by atoms with van der Waals surface area (Å²) in [6.45, 7) is 4.12. The van der Waals surface area contributed by atoms with Gasteiger partial charge in [-0.3, -0.25) is 0 Å². The predicted octanol–water partition coefficient (Wildman–Crippen LogP) is 3.56. The molecular weight excluding hydrogens is 331 g/mol. The fourth-order valence-corrected chi connectivity index (χ4v) is 1.90. The van der Waals surface area contributed by atoms with Gasteiger partial charge in [-0.1, -0.05) is 19.0 Å². The Morgan fingerprint density at radius 2 is 2.24 bits per heavy atom. The van der Waals surface area contributed by atoms with Crippen LogP contribution in [0, 0.1) is 3.57 Å². The van der Waals surface area contributed by atoms with E-state index in [0.29, 0.717) is 17.3 Å². The van der Waals surface area contributed by atoms with Crippen LogP contribution in [-0.4, -0.2) is 15.2 Å². The minimum atomic E-state index is 0.157. The second-order valence-electron chi connectivity index (χ2n) is 3.93. The molecule has 1 aromatic carbocycles. The van der Waals surface area contributed by atoms with Gasteiger partial charge in [-0.2, -0.15) is 4.98 Å². The molecule has 1 unspecified atom stereocenters. The van der Waals surface area contributed by atoms with Crippen molar-refractivity contribution in [1.29, 1.82) is 0 Å². The van der Waals surface area contributed by atoms with E-state index >= 15 is 0 Å². The molecule has 0 aliphatic rings. The van der Waals surface area contributed by atoms with Gasteiger partial charge in [0.2, 0.25) is 0 Å². The third kappa shape index (κ3) is 2.59. The molecule has 2 rings (SSSR count). The summed E-state index contributed by atoms with van der Waals surface area (Å²) in [6, 6.07) is 5.28. The molecule has 1 heterocycles. The van der Waals surface area contributed by atoms with E-state index in [1.54, 1.807) is 6.07 Å². The van der Waals surface area contributed by atoms with E-state index in [2.05, 4.69) is 39.7 Å². The zero-order valence-electron chi connectivity index (χ0n) is 9.64. The second-order valence-corrected chi connectivity index (χ2v) is 5.17. The predicted molar refractivity (Wildman–Crippen MR) is 72.8 cm³/mol. The molecule has 1 atom stereocenters. The Kier molecular flexibility index (Phi) is 3.66. The van der Waals surface area contributed by atoms with Crippen molar-refractivity contribution in [3.8, 4) is 17.2 Å². The Labute approximate surface area is 113 Å². The fraction of sp³-hybridized carbons (Fsp3) is 0.333. The van der Waals surface area contributed by atoms with Crippen molar-refractivity contribution in [1.82, 2.24) is 10.1 Å². The molecule has 0 radical (unpaired) electrons. The van der Waals surface area contributed by atoms with Gasteiger partial charge in [-0.15, -0.1) is 0 Å². The van der Waals surface area contributed by atoms with E-state index in [1.807, 2.05) is 19.1 Å². The Bertz CT molecular complexity index is 525. The highest BCUT2D eigenvalue weighted by molar-refractivity contribution is 14.1. The van der Waals surface area contributed by atoms with Crippen LogP contribution in [0.4, 0.5) is 0 Å². The summed E-state index contributed by atoms with van der Waals surface area (Å²) < 4.78 is 6.20. The lowest BCUT2D eigenvalue weighted by molar-refractivity contribution is 0.412.